The molecule has 0 heterocycles. The molecule has 0 spiro atoms. The van der Waals surface area contributed by atoms with Crippen LogP contribution in [0.4, 0.5) is 11.4 Å². The van der Waals surface area contributed by atoms with Crippen molar-refractivity contribution >= 4 is 17.7 Å². The van der Waals surface area contributed by atoms with Gasteiger partial charge in [0.2, 0.25) is 0 Å². The largest absolute Gasteiger partial charge is 0.399 e. The van der Waals surface area contributed by atoms with Gasteiger partial charge >= 0.3 is 0 Å². The highest BCUT2D eigenvalue weighted by Crippen LogP contribution is 2.17. The second-order valence-electron chi connectivity index (χ2n) is 2.23. The van der Waals surface area contributed by atoms with E-state index >= 15 is 0 Å². The Labute approximate surface area is 68.0 Å². The number of nitro benzene ring substituents is 1. The van der Waals surface area contributed by atoms with E-state index < -0.39 is 4.92 Å². The minimum atomic E-state index is -0.594. The highest BCUT2D eigenvalue weighted by molar-refractivity contribution is 5.78. The van der Waals surface area contributed by atoms with Gasteiger partial charge in [-0.05, 0) is 6.07 Å². The number of nitrogen functional groups attached to an aromatic ring is 1. The average Bonchev–Trinajstić information content (AvgIpc) is 2.03. The minimum absolute atomic E-state index is 0.169. The number of benzene rings is 1. The first-order valence-corrected chi connectivity index (χ1v) is 3.13. The molecule has 0 aliphatic rings. The van der Waals surface area contributed by atoms with Gasteiger partial charge in [-0.1, -0.05) is 0 Å². The first-order valence-electron chi connectivity index (χ1n) is 3.13. The Bertz CT molecular complexity index is 335. The topological polar surface area (TPSA) is 86.2 Å². The van der Waals surface area contributed by atoms with Gasteiger partial charge < -0.3 is 5.73 Å². The van der Waals surface area contributed by atoms with E-state index in [1.165, 1.54) is 18.2 Å². The first-order chi connectivity index (χ1) is 5.63. The molecule has 0 fully saturated rings. The maximum atomic E-state index is 10.3. The third kappa shape index (κ3) is 1.57. The van der Waals surface area contributed by atoms with Gasteiger partial charge in [0, 0.05) is 23.4 Å². The fourth-order valence-electron chi connectivity index (χ4n) is 0.832. The quantitative estimate of drug-likeness (QED) is 0.307. The summed E-state index contributed by atoms with van der Waals surface area (Å²) in [7, 11) is 0. The number of hydrogen-bond donors (Lipinski definition) is 1. The summed E-state index contributed by atoms with van der Waals surface area (Å²) in [6, 6.07) is 3.75. The van der Waals surface area contributed by atoms with Crippen molar-refractivity contribution in [2.45, 2.75) is 0 Å². The van der Waals surface area contributed by atoms with Crippen molar-refractivity contribution in [1.82, 2.24) is 0 Å². The summed E-state index contributed by atoms with van der Waals surface area (Å²) in [5.41, 5.74) is 5.56. The maximum Gasteiger partial charge on any atom is 0.272 e. The van der Waals surface area contributed by atoms with Gasteiger partial charge in [-0.2, -0.15) is 0 Å². The molecule has 0 radical (unpaired) electrons. The number of anilines is 1. The molecule has 5 nitrogen and oxygen atoms in total. The summed E-state index contributed by atoms with van der Waals surface area (Å²) in [6.45, 7) is 0. The molecule has 0 aliphatic heterocycles. The molecule has 1 rings (SSSR count). The van der Waals surface area contributed by atoms with Crippen molar-refractivity contribution in [1.29, 1.82) is 0 Å². The molecule has 0 saturated carbocycles. The van der Waals surface area contributed by atoms with Gasteiger partial charge in [-0.3, -0.25) is 14.9 Å². The molecule has 0 atom stereocenters. The number of rotatable bonds is 2. The number of hydrogen-bond acceptors (Lipinski definition) is 4. The second kappa shape index (κ2) is 3.00. The number of carbonyl (C=O) groups excluding carboxylic acids is 1. The Morgan fingerprint density at radius 1 is 1.42 bits per heavy atom. The van der Waals surface area contributed by atoms with Gasteiger partial charge in [-0.25, -0.2) is 0 Å². The number of nitrogens with zero attached hydrogens (tertiary/aromatic N) is 1. The zero-order valence-electron chi connectivity index (χ0n) is 6.06. The van der Waals surface area contributed by atoms with Gasteiger partial charge in [0.05, 0.1) is 4.92 Å². The van der Waals surface area contributed by atoms with Crippen molar-refractivity contribution in [3.63, 3.8) is 0 Å². The average molecular weight is 166 g/mol. The van der Waals surface area contributed by atoms with Crippen LogP contribution in [0.3, 0.4) is 0 Å². The van der Waals surface area contributed by atoms with Crippen LogP contribution in [0.15, 0.2) is 18.2 Å². The van der Waals surface area contributed by atoms with E-state index in [0.29, 0.717) is 6.29 Å². The number of nitrogens with two attached hydrogens (primary N) is 1. The Hall–Kier alpha value is -1.91. The molecular weight excluding hydrogens is 160 g/mol. The van der Waals surface area contributed by atoms with Crippen LogP contribution in [0.25, 0.3) is 0 Å². The van der Waals surface area contributed by atoms with Crippen LogP contribution in [-0.2, 0) is 0 Å². The van der Waals surface area contributed by atoms with Crippen LogP contribution in [-0.4, -0.2) is 11.2 Å². The SMILES string of the molecule is Nc1cc(C=O)cc([N+](=O)[O-])c1. The van der Waals surface area contributed by atoms with Crippen molar-refractivity contribution < 1.29 is 9.72 Å². The third-order valence-corrected chi connectivity index (χ3v) is 1.31. The van der Waals surface area contributed by atoms with E-state index in [9.17, 15) is 14.9 Å². The maximum absolute atomic E-state index is 10.3. The molecule has 0 saturated heterocycles. The predicted molar refractivity (Wildman–Crippen MR) is 42.9 cm³/mol. The molecule has 0 amide bonds. The van der Waals surface area contributed by atoms with Crippen LogP contribution < -0.4 is 5.73 Å². The molecule has 0 bridgehead atoms. The normalized spacial score (nSPS) is 9.33. The van der Waals surface area contributed by atoms with Crippen LogP contribution in [0, 0.1) is 10.1 Å². The molecule has 0 aliphatic carbocycles. The lowest BCUT2D eigenvalue weighted by atomic mass is 10.2. The monoisotopic (exact) mass is 166 g/mol. The summed E-state index contributed by atoms with van der Waals surface area (Å²) in [5, 5.41) is 10.3. The Morgan fingerprint density at radius 3 is 2.58 bits per heavy atom. The highest BCUT2D eigenvalue weighted by atomic mass is 16.6. The summed E-state index contributed by atoms with van der Waals surface area (Å²) < 4.78 is 0. The smallest absolute Gasteiger partial charge is 0.272 e. The molecule has 62 valence electrons. The van der Waals surface area contributed by atoms with Gasteiger partial charge in [-0.15, -0.1) is 0 Å². The van der Waals surface area contributed by atoms with Gasteiger partial charge in [0.25, 0.3) is 5.69 Å². The zero-order valence-corrected chi connectivity index (χ0v) is 6.06. The molecule has 2 N–H and O–H groups in total. The van der Waals surface area contributed by atoms with Crippen molar-refractivity contribution in [3.05, 3.63) is 33.9 Å². The molecule has 0 unspecified atom stereocenters. The van der Waals surface area contributed by atoms with E-state index in [2.05, 4.69) is 0 Å². The number of nitro groups is 1. The number of carbonyl (C=O) groups is 1. The molecule has 12 heavy (non-hydrogen) atoms. The van der Waals surface area contributed by atoms with Crippen LogP contribution in [0.1, 0.15) is 10.4 Å². The Balaban J connectivity index is 3.23. The van der Waals surface area contributed by atoms with E-state index in [0.717, 1.165) is 0 Å². The lowest BCUT2D eigenvalue weighted by Crippen LogP contribution is -1.93. The fourth-order valence-corrected chi connectivity index (χ4v) is 0.832. The number of aldehydes is 1. The fraction of sp³-hybridized carbons (Fsp3) is 0. The Morgan fingerprint density at radius 2 is 2.08 bits per heavy atom. The highest BCUT2D eigenvalue weighted by Gasteiger charge is 2.07. The van der Waals surface area contributed by atoms with Crippen LogP contribution in [0.5, 0.6) is 0 Å². The number of non-ortho nitro benzene ring substituents is 1. The summed E-state index contributed by atoms with van der Waals surface area (Å²) >= 11 is 0. The summed E-state index contributed by atoms with van der Waals surface area (Å²) in [4.78, 5) is 19.9. The molecule has 1 aromatic rings. The standard InChI is InChI=1S/C7H6N2O3/c8-6-1-5(4-10)2-7(3-6)9(11)12/h1-4H,8H2. The molecule has 1 aromatic carbocycles. The molecule has 0 aromatic heterocycles. The Kier molecular flexibility index (Phi) is 2.05. The van der Waals surface area contributed by atoms with Crippen molar-refractivity contribution in [3.8, 4) is 0 Å². The molecule has 5 heteroatoms. The molecular formula is C7H6N2O3. The zero-order chi connectivity index (χ0) is 9.14. The van der Waals surface area contributed by atoms with E-state index in [1.807, 2.05) is 0 Å². The second-order valence-corrected chi connectivity index (χ2v) is 2.23. The lowest BCUT2D eigenvalue weighted by molar-refractivity contribution is -0.384. The van der Waals surface area contributed by atoms with Gasteiger partial charge in [0.1, 0.15) is 6.29 Å². The van der Waals surface area contributed by atoms with E-state index in [1.54, 1.807) is 0 Å². The van der Waals surface area contributed by atoms with Gasteiger partial charge in [0.15, 0.2) is 0 Å². The lowest BCUT2D eigenvalue weighted by Gasteiger charge is -1.95. The predicted octanol–water partition coefficient (Wildman–Crippen LogP) is 0.990. The van der Waals surface area contributed by atoms with Crippen molar-refractivity contribution in [2.24, 2.45) is 0 Å². The van der Waals surface area contributed by atoms with Crippen molar-refractivity contribution in [2.75, 3.05) is 5.73 Å². The summed E-state index contributed by atoms with van der Waals surface area (Å²) in [5.74, 6) is 0. The summed E-state index contributed by atoms with van der Waals surface area (Å²) in [6.07, 6.45) is 0.517. The third-order valence-electron chi connectivity index (χ3n) is 1.31. The minimum Gasteiger partial charge on any atom is -0.399 e. The van der Waals surface area contributed by atoms with E-state index in [-0.39, 0.29) is 16.9 Å². The van der Waals surface area contributed by atoms with E-state index in [4.69, 9.17) is 5.73 Å². The van der Waals surface area contributed by atoms with Crippen LogP contribution in [0.2, 0.25) is 0 Å². The first kappa shape index (κ1) is 8.19. The van der Waals surface area contributed by atoms with Crippen LogP contribution >= 0.6 is 0 Å².